The lowest BCUT2D eigenvalue weighted by molar-refractivity contribution is -0.296. The third-order valence-corrected chi connectivity index (χ3v) is 5.57. The number of esters is 1. The van der Waals surface area contributed by atoms with E-state index in [1.807, 2.05) is 73.7 Å². The molecule has 1 aliphatic rings. The molecule has 0 aliphatic carbocycles. The molecule has 1 N–H and O–H groups in total. The van der Waals surface area contributed by atoms with E-state index in [9.17, 15) is 9.90 Å². The van der Waals surface area contributed by atoms with Crippen molar-refractivity contribution < 1.29 is 28.8 Å². The first kappa shape index (κ1) is 23.1. The smallest absolute Gasteiger partial charge is 0.338 e. The maximum atomic E-state index is 12.8. The summed E-state index contributed by atoms with van der Waals surface area (Å²) in [5, 5.41) is 10.7. The van der Waals surface area contributed by atoms with Gasteiger partial charge in [-0.15, -0.1) is 0 Å². The molecule has 1 saturated heterocycles. The van der Waals surface area contributed by atoms with Gasteiger partial charge in [0.15, 0.2) is 12.4 Å². The van der Waals surface area contributed by atoms with Crippen molar-refractivity contribution in [1.29, 1.82) is 0 Å². The van der Waals surface area contributed by atoms with Gasteiger partial charge < -0.3 is 24.1 Å². The van der Waals surface area contributed by atoms with Crippen molar-refractivity contribution in [3.63, 3.8) is 0 Å². The maximum Gasteiger partial charge on any atom is 0.338 e. The lowest BCUT2D eigenvalue weighted by Crippen LogP contribution is -2.59. The highest BCUT2D eigenvalue weighted by atomic mass is 16.7. The Hall–Kier alpha value is -3.03. The lowest BCUT2D eigenvalue weighted by Gasteiger charge is -2.43. The van der Waals surface area contributed by atoms with Gasteiger partial charge in [0.1, 0.15) is 12.2 Å². The zero-order valence-electron chi connectivity index (χ0n) is 18.4. The van der Waals surface area contributed by atoms with E-state index in [-0.39, 0.29) is 6.61 Å². The fraction of sp³-hybridized carbons (Fsp3) is 0.296. The van der Waals surface area contributed by atoms with Crippen LogP contribution in [-0.2, 0) is 32.2 Å². The summed E-state index contributed by atoms with van der Waals surface area (Å²) in [6.07, 6.45) is -4.18. The van der Waals surface area contributed by atoms with Crippen LogP contribution in [0.5, 0.6) is 0 Å². The number of benzene rings is 3. The molecule has 6 heteroatoms. The van der Waals surface area contributed by atoms with E-state index >= 15 is 0 Å². The molecule has 1 fully saturated rings. The van der Waals surface area contributed by atoms with Crippen LogP contribution in [0.3, 0.4) is 0 Å². The number of hydrogen-bond donors (Lipinski definition) is 1. The number of carbonyl (C=O) groups excluding carboxylic acids is 1. The fourth-order valence-corrected chi connectivity index (χ4v) is 3.84. The van der Waals surface area contributed by atoms with Gasteiger partial charge in [-0.1, -0.05) is 78.9 Å². The highest BCUT2D eigenvalue weighted by Gasteiger charge is 2.47. The van der Waals surface area contributed by atoms with Crippen LogP contribution in [-0.4, -0.2) is 41.8 Å². The van der Waals surface area contributed by atoms with Gasteiger partial charge in [0, 0.05) is 0 Å². The normalized spacial score (nSPS) is 24.8. The molecule has 3 aromatic rings. The number of carbonyl (C=O) groups is 1. The first-order chi connectivity index (χ1) is 16.1. The molecule has 0 spiro atoms. The zero-order valence-corrected chi connectivity index (χ0v) is 18.4. The molecule has 0 radical (unpaired) electrons. The Balaban J connectivity index is 1.54. The van der Waals surface area contributed by atoms with Crippen LogP contribution in [0.25, 0.3) is 0 Å². The average Bonchev–Trinajstić information content (AvgIpc) is 2.85. The number of rotatable bonds is 8. The molecular weight excluding hydrogens is 420 g/mol. The molecule has 0 bridgehead atoms. The quantitative estimate of drug-likeness (QED) is 0.523. The van der Waals surface area contributed by atoms with E-state index in [4.69, 9.17) is 18.9 Å². The Labute approximate surface area is 193 Å². The number of aliphatic hydroxyl groups is 1. The Kier molecular flexibility index (Phi) is 7.86. The number of hydrogen-bond acceptors (Lipinski definition) is 6. The highest BCUT2D eigenvalue weighted by Crippen LogP contribution is 2.29. The zero-order chi connectivity index (χ0) is 23.0. The molecule has 0 aromatic heterocycles. The molecule has 5 atom stereocenters. The minimum atomic E-state index is -1.34. The van der Waals surface area contributed by atoms with Crippen LogP contribution in [0.15, 0.2) is 91.0 Å². The molecule has 0 saturated carbocycles. The Bertz CT molecular complexity index is 995. The van der Waals surface area contributed by atoms with Crippen LogP contribution < -0.4 is 0 Å². The van der Waals surface area contributed by atoms with Crippen LogP contribution in [0.2, 0.25) is 0 Å². The Morgan fingerprint density at radius 1 is 0.758 bits per heavy atom. The van der Waals surface area contributed by atoms with Gasteiger partial charge >= 0.3 is 5.97 Å². The van der Waals surface area contributed by atoms with Gasteiger partial charge in [0.25, 0.3) is 0 Å². The first-order valence-corrected chi connectivity index (χ1v) is 11.0. The van der Waals surface area contributed by atoms with Crippen molar-refractivity contribution in [2.45, 2.75) is 50.8 Å². The van der Waals surface area contributed by atoms with Crippen molar-refractivity contribution in [2.24, 2.45) is 0 Å². The standard InChI is InChI=1S/C27H28O6/c1-19-23(30-17-20-11-5-2-6-12-20)24(31-18-21-13-7-3-8-14-21)25(27(29)32-19)33-26(28)22-15-9-4-10-16-22/h2-16,19,23-25,27,29H,17-18H2,1H3/t19-,23+,24+,25-,27-/m1/s1. The second-order valence-corrected chi connectivity index (χ2v) is 7.99. The summed E-state index contributed by atoms with van der Waals surface area (Å²) in [6.45, 7) is 2.42. The van der Waals surface area contributed by atoms with Crippen LogP contribution in [0.4, 0.5) is 0 Å². The van der Waals surface area contributed by atoms with Crippen LogP contribution >= 0.6 is 0 Å². The van der Waals surface area contributed by atoms with E-state index in [0.717, 1.165) is 11.1 Å². The molecule has 0 amide bonds. The fourth-order valence-electron chi connectivity index (χ4n) is 3.84. The molecular formula is C27H28O6. The van der Waals surface area contributed by atoms with Crippen molar-refractivity contribution in [1.82, 2.24) is 0 Å². The van der Waals surface area contributed by atoms with Gasteiger partial charge in [0.05, 0.1) is 24.9 Å². The van der Waals surface area contributed by atoms with Crippen LogP contribution in [0, 0.1) is 0 Å². The summed E-state index contributed by atoms with van der Waals surface area (Å²) < 4.78 is 23.8. The second kappa shape index (κ2) is 11.2. The van der Waals surface area contributed by atoms with Crippen LogP contribution in [0.1, 0.15) is 28.4 Å². The molecule has 33 heavy (non-hydrogen) atoms. The topological polar surface area (TPSA) is 74.2 Å². The van der Waals surface area contributed by atoms with Crippen molar-refractivity contribution >= 4 is 5.97 Å². The monoisotopic (exact) mass is 448 g/mol. The molecule has 172 valence electrons. The number of aliphatic hydroxyl groups excluding tert-OH is 1. The lowest BCUT2D eigenvalue weighted by atomic mass is 9.98. The van der Waals surface area contributed by atoms with Crippen molar-refractivity contribution in [3.05, 3.63) is 108 Å². The number of ether oxygens (including phenoxy) is 4. The average molecular weight is 449 g/mol. The predicted molar refractivity (Wildman–Crippen MR) is 122 cm³/mol. The summed E-state index contributed by atoms with van der Waals surface area (Å²) >= 11 is 0. The Morgan fingerprint density at radius 2 is 1.24 bits per heavy atom. The summed E-state index contributed by atoms with van der Waals surface area (Å²) in [4.78, 5) is 12.8. The van der Waals surface area contributed by atoms with Gasteiger partial charge in [-0.2, -0.15) is 0 Å². The van der Waals surface area contributed by atoms with E-state index in [2.05, 4.69) is 0 Å². The largest absolute Gasteiger partial charge is 0.450 e. The summed E-state index contributed by atoms with van der Waals surface area (Å²) in [7, 11) is 0. The highest BCUT2D eigenvalue weighted by molar-refractivity contribution is 5.89. The first-order valence-electron chi connectivity index (χ1n) is 11.0. The SMILES string of the molecule is C[C@H]1O[C@@H](O)[C@H](OC(=O)c2ccccc2)[C@@H](OCc2ccccc2)[C@H]1OCc1ccccc1. The molecule has 4 rings (SSSR count). The molecule has 1 aliphatic heterocycles. The summed E-state index contributed by atoms with van der Waals surface area (Å²) in [5.74, 6) is -0.562. The minimum Gasteiger partial charge on any atom is -0.450 e. The summed E-state index contributed by atoms with van der Waals surface area (Å²) in [5.41, 5.74) is 2.34. The van der Waals surface area contributed by atoms with Gasteiger partial charge in [0.2, 0.25) is 0 Å². The van der Waals surface area contributed by atoms with Gasteiger partial charge in [-0.05, 0) is 30.2 Å². The van der Waals surface area contributed by atoms with Gasteiger partial charge in [-0.25, -0.2) is 4.79 Å². The molecule has 0 unspecified atom stereocenters. The molecule has 1 heterocycles. The Morgan fingerprint density at radius 3 is 1.79 bits per heavy atom. The van der Waals surface area contributed by atoms with E-state index in [1.165, 1.54) is 0 Å². The molecule has 3 aromatic carbocycles. The van der Waals surface area contributed by atoms with Crippen molar-refractivity contribution in [3.8, 4) is 0 Å². The van der Waals surface area contributed by atoms with E-state index in [1.54, 1.807) is 24.3 Å². The van der Waals surface area contributed by atoms with E-state index < -0.39 is 36.7 Å². The predicted octanol–water partition coefficient (Wildman–Crippen LogP) is 4.12. The second-order valence-electron chi connectivity index (χ2n) is 7.99. The minimum absolute atomic E-state index is 0.273. The third-order valence-electron chi connectivity index (χ3n) is 5.57. The maximum absolute atomic E-state index is 12.8. The van der Waals surface area contributed by atoms with E-state index in [0.29, 0.717) is 12.2 Å². The summed E-state index contributed by atoms with van der Waals surface area (Å²) in [6, 6.07) is 28.1. The molecule has 6 nitrogen and oxygen atoms in total. The van der Waals surface area contributed by atoms with Gasteiger partial charge in [-0.3, -0.25) is 0 Å². The third kappa shape index (κ3) is 6.06. The van der Waals surface area contributed by atoms with Crippen molar-refractivity contribution in [2.75, 3.05) is 0 Å².